The van der Waals surface area contributed by atoms with Gasteiger partial charge in [0.15, 0.2) is 6.04 Å². The van der Waals surface area contributed by atoms with Gasteiger partial charge in [-0.2, -0.15) is 58.9 Å². The van der Waals surface area contributed by atoms with Crippen LogP contribution in [0.3, 0.4) is 0 Å². The maximum absolute atomic E-state index is 13.7. The van der Waals surface area contributed by atoms with Crippen molar-refractivity contribution in [3.05, 3.63) is 72.4 Å². The predicted molar refractivity (Wildman–Crippen MR) is 253 cm³/mol. The van der Waals surface area contributed by atoms with E-state index in [-0.39, 0.29) is 77.9 Å². The average Bonchev–Trinajstić information content (AvgIpc) is 4.06. The number of benzene rings is 3. The topological polar surface area (TPSA) is 197 Å². The SMILES string of the molecule is COOC=N[C@H](C(=O)N1CCC[C@H]1c1nc2ccc(-c3ccc4cc(-c5cnc([C@@H]6CCCN6C(=O)[C@@H](NC(=O)OC)[C@@H](C)OC)[nH]5)ccc4c3)cc2[nH]1)[C@@H](C)O.S.S.S.S. The molecule has 20 heteroatoms. The van der Waals surface area contributed by atoms with E-state index in [2.05, 4.69) is 67.6 Å². The Morgan fingerprint density at radius 3 is 2.08 bits per heavy atom. The molecule has 2 aliphatic rings. The number of hydrogen-bond donors (Lipinski definition) is 4. The molecule has 2 aliphatic heterocycles. The van der Waals surface area contributed by atoms with Gasteiger partial charge in [0.1, 0.15) is 17.7 Å². The van der Waals surface area contributed by atoms with Crippen molar-refractivity contribution in [2.45, 2.75) is 75.9 Å². The molecule has 3 amide bonds. The number of nitrogens with one attached hydrogen (secondary N) is 3. The van der Waals surface area contributed by atoms with Gasteiger partial charge in [-0.3, -0.25) is 9.59 Å². The zero-order valence-corrected chi connectivity index (χ0v) is 38.6. The van der Waals surface area contributed by atoms with Gasteiger partial charge < -0.3 is 44.6 Å². The molecule has 16 nitrogen and oxygen atoms in total. The van der Waals surface area contributed by atoms with Gasteiger partial charge in [-0.1, -0.05) is 30.3 Å². The zero-order valence-electron chi connectivity index (χ0n) is 34.6. The van der Waals surface area contributed by atoms with Crippen LogP contribution in [-0.4, -0.2) is 118 Å². The quantitative estimate of drug-likeness (QED) is 0.0495. The smallest absolute Gasteiger partial charge is 0.407 e. The van der Waals surface area contributed by atoms with E-state index in [1.54, 1.807) is 22.9 Å². The third-order valence-electron chi connectivity index (χ3n) is 10.9. The van der Waals surface area contributed by atoms with Crippen molar-refractivity contribution in [2.75, 3.05) is 34.4 Å². The molecule has 0 aliphatic carbocycles. The number of aromatic amines is 2. The minimum absolute atomic E-state index is 0. The number of rotatable bonds is 13. The van der Waals surface area contributed by atoms with E-state index >= 15 is 0 Å². The third-order valence-corrected chi connectivity index (χ3v) is 10.9. The molecule has 0 bridgehead atoms. The first kappa shape index (κ1) is 50.9. The van der Waals surface area contributed by atoms with Gasteiger partial charge >= 0.3 is 6.09 Å². The van der Waals surface area contributed by atoms with Crippen molar-refractivity contribution >= 4 is 100 Å². The Bertz CT molecular complexity index is 2290. The Balaban J connectivity index is 0.00000248. The fraction of sp³-hybridized carbons (Fsp3) is 0.415. The van der Waals surface area contributed by atoms with E-state index in [4.69, 9.17) is 24.3 Å². The first-order chi connectivity index (χ1) is 27.6. The molecule has 3 aromatic carbocycles. The van der Waals surface area contributed by atoms with Crippen LogP contribution >= 0.6 is 54.0 Å². The molecule has 4 N–H and O–H groups in total. The van der Waals surface area contributed by atoms with Crippen LogP contribution in [0.4, 0.5) is 4.79 Å². The summed E-state index contributed by atoms with van der Waals surface area (Å²) >= 11 is 0. The maximum Gasteiger partial charge on any atom is 0.407 e. The van der Waals surface area contributed by atoms with Gasteiger partial charge in [0.05, 0.1) is 61.4 Å². The summed E-state index contributed by atoms with van der Waals surface area (Å²) < 4.78 is 10.2. The van der Waals surface area contributed by atoms with E-state index < -0.39 is 30.4 Å². The lowest BCUT2D eigenvalue weighted by Gasteiger charge is -2.30. The van der Waals surface area contributed by atoms with E-state index in [0.29, 0.717) is 24.7 Å². The van der Waals surface area contributed by atoms with Gasteiger partial charge in [0.2, 0.25) is 12.3 Å². The van der Waals surface area contributed by atoms with Gasteiger partial charge in [0, 0.05) is 25.8 Å². The molecule has 2 saturated heterocycles. The number of H-pyrrole nitrogens is 2. The molecule has 4 heterocycles. The molecule has 0 saturated carbocycles. The number of carbonyl (C=O) groups excluding carboxylic acids is 3. The molecule has 2 fully saturated rings. The molecule has 61 heavy (non-hydrogen) atoms. The first-order valence-corrected chi connectivity index (χ1v) is 19.1. The second-order valence-electron chi connectivity index (χ2n) is 14.4. The standard InChI is InChI=1S/C41H48N8O8.4H2S/c1-23(50)35(43-22-57-56-5)39(51)49-17-7-9-34(49)38-44-30-15-14-28(20-31(30)45-38)26-10-11-27-19-29(13-12-25(27)18-26)32-21-42-37(46-32)33-8-6-16-48(33)40(52)36(24(2)54-3)47-41(53)55-4;;;;/h10-15,18-24,33-36,50H,6-9,16-17H2,1-5H3,(H,42,46)(H,44,45)(H,47,53);4*1H2/t23-,24-,33+,34+,35+,36+;;;;/m1..../s1. The highest BCUT2D eigenvalue weighted by Crippen LogP contribution is 2.36. The van der Waals surface area contributed by atoms with Gasteiger partial charge in [-0.05, 0) is 85.7 Å². The summed E-state index contributed by atoms with van der Waals surface area (Å²) in [5.41, 5.74) is 5.51. The minimum atomic E-state index is -1.03. The van der Waals surface area contributed by atoms with Crippen molar-refractivity contribution < 1.29 is 38.7 Å². The molecule has 5 aromatic rings. The number of methoxy groups -OCH3 is 2. The number of aliphatic hydroxyl groups is 1. The van der Waals surface area contributed by atoms with Crippen LogP contribution < -0.4 is 5.32 Å². The highest BCUT2D eigenvalue weighted by atomic mass is 32.1. The monoisotopic (exact) mass is 916 g/mol. The summed E-state index contributed by atoms with van der Waals surface area (Å²) in [5.74, 6) is 0.820. The second kappa shape index (κ2) is 22.6. The lowest BCUT2D eigenvalue weighted by Crippen LogP contribution is -2.54. The van der Waals surface area contributed by atoms with Crippen LogP contribution in [0.5, 0.6) is 0 Å². The maximum atomic E-state index is 13.7. The molecule has 0 unspecified atom stereocenters. The first-order valence-electron chi connectivity index (χ1n) is 19.1. The van der Waals surface area contributed by atoms with E-state index in [1.165, 1.54) is 28.3 Å². The number of imidazole rings is 2. The Morgan fingerprint density at radius 1 is 0.836 bits per heavy atom. The van der Waals surface area contributed by atoms with E-state index in [0.717, 1.165) is 76.3 Å². The molecule has 2 aromatic heterocycles. The van der Waals surface area contributed by atoms with Crippen LogP contribution in [0, 0.1) is 0 Å². The number of ether oxygens (including phenoxy) is 2. The third kappa shape index (κ3) is 11.0. The molecule has 6 atom stereocenters. The Labute approximate surface area is 382 Å². The van der Waals surface area contributed by atoms with Crippen molar-refractivity contribution in [3.63, 3.8) is 0 Å². The van der Waals surface area contributed by atoms with E-state index in [1.807, 2.05) is 12.1 Å². The van der Waals surface area contributed by atoms with Gasteiger partial charge in [-0.25, -0.2) is 19.8 Å². The number of aromatic nitrogens is 4. The summed E-state index contributed by atoms with van der Waals surface area (Å²) in [6.45, 7) is 4.32. The summed E-state index contributed by atoms with van der Waals surface area (Å²) in [6.07, 6.45) is 3.62. The second-order valence-corrected chi connectivity index (χ2v) is 14.4. The molecule has 0 radical (unpaired) electrons. The van der Waals surface area contributed by atoms with Crippen LogP contribution in [0.1, 0.15) is 63.3 Å². The highest BCUT2D eigenvalue weighted by molar-refractivity contribution is 7.59. The number of nitrogens with zero attached hydrogens (tertiary/aromatic N) is 5. The fourth-order valence-corrected chi connectivity index (χ4v) is 7.82. The number of amides is 3. The van der Waals surface area contributed by atoms with Crippen molar-refractivity contribution in [1.82, 2.24) is 35.1 Å². The minimum Gasteiger partial charge on any atom is -0.453 e. The molecule has 7 rings (SSSR count). The Kier molecular flexibility index (Phi) is 18.9. The number of hydrogen-bond acceptors (Lipinski definition) is 11. The normalized spacial score (nSPS) is 18.0. The number of aliphatic imine (C=N–C) groups is 1. The van der Waals surface area contributed by atoms with Crippen LogP contribution in [0.25, 0.3) is 44.2 Å². The van der Waals surface area contributed by atoms with Crippen LogP contribution in [0.15, 0.2) is 65.8 Å². The zero-order chi connectivity index (χ0) is 40.2. The van der Waals surface area contributed by atoms with Gasteiger partial charge in [-0.15, -0.1) is 0 Å². The average molecular weight is 917 g/mol. The Hall–Kier alpha value is -4.44. The molecule has 0 spiro atoms. The number of alkyl carbamates (subject to hydrolysis) is 1. The van der Waals surface area contributed by atoms with Crippen molar-refractivity contribution in [2.24, 2.45) is 4.99 Å². The Morgan fingerprint density at radius 2 is 1.44 bits per heavy atom. The number of aliphatic hydroxyl groups excluding tert-OH is 1. The molecular weight excluding hydrogens is 861 g/mol. The summed E-state index contributed by atoms with van der Waals surface area (Å²) in [5, 5.41) is 15.0. The highest BCUT2D eigenvalue weighted by Gasteiger charge is 2.39. The fourth-order valence-electron chi connectivity index (χ4n) is 7.82. The summed E-state index contributed by atoms with van der Waals surface area (Å²) in [6, 6.07) is 16.2. The number of fused-ring (bicyclic) bond motifs is 2. The number of likely N-dealkylation sites (tertiary alicyclic amines) is 2. The largest absolute Gasteiger partial charge is 0.453 e. The predicted octanol–water partition coefficient (Wildman–Crippen LogP) is 5.67. The van der Waals surface area contributed by atoms with E-state index in [9.17, 15) is 19.5 Å². The molecule has 332 valence electrons. The van der Waals surface area contributed by atoms with Crippen LogP contribution in [-0.2, 0) is 28.8 Å². The lowest BCUT2D eigenvalue weighted by atomic mass is 9.99. The van der Waals surface area contributed by atoms with Gasteiger partial charge in [0.25, 0.3) is 5.91 Å². The summed E-state index contributed by atoms with van der Waals surface area (Å²) in [4.78, 5) is 72.4. The number of carbonyl (C=O) groups is 3. The van der Waals surface area contributed by atoms with Crippen molar-refractivity contribution in [1.29, 1.82) is 0 Å². The van der Waals surface area contributed by atoms with Crippen LogP contribution in [0.2, 0.25) is 0 Å². The van der Waals surface area contributed by atoms with Crippen molar-refractivity contribution in [3.8, 4) is 22.4 Å². The summed E-state index contributed by atoms with van der Waals surface area (Å²) in [7, 11) is 4.09. The lowest BCUT2D eigenvalue weighted by molar-refractivity contribution is -0.188. The molecular formula is C41H56N8O8S4.